The zero-order valence-corrected chi connectivity index (χ0v) is 16.8. The van der Waals surface area contributed by atoms with Crippen LogP contribution in [0.1, 0.15) is 42.4 Å². The van der Waals surface area contributed by atoms with Crippen molar-refractivity contribution in [1.29, 1.82) is 0 Å². The van der Waals surface area contributed by atoms with Gasteiger partial charge >= 0.3 is 0 Å². The van der Waals surface area contributed by atoms with Gasteiger partial charge in [0.1, 0.15) is 17.4 Å². The van der Waals surface area contributed by atoms with Gasteiger partial charge in [-0.15, -0.1) is 10.2 Å². The lowest BCUT2D eigenvalue weighted by Gasteiger charge is -2.32. The van der Waals surface area contributed by atoms with E-state index in [2.05, 4.69) is 26.7 Å². The predicted octanol–water partition coefficient (Wildman–Crippen LogP) is 2.07. The van der Waals surface area contributed by atoms with Crippen molar-refractivity contribution < 1.29 is 9.53 Å². The van der Waals surface area contributed by atoms with Gasteiger partial charge in [0.25, 0.3) is 0 Å². The molecule has 2 aromatic rings. The Morgan fingerprint density at radius 1 is 1.11 bits per heavy atom. The highest BCUT2D eigenvalue weighted by Crippen LogP contribution is 2.28. The number of piperidine rings is 1. The number of fused-ring (bicyclic) bond motifs is 1. The Morgan fingerprint density at radius 3 is 2.57 bits per heavy atom. The Balaban J connectivity index is 1.28. The number of amides is 1. The zero-order valence-electron chi connectivity index (χ0n) is 16.8. The van der Waals surface area contributed by atoms with Crippen LogP contribution in [0.15, 0.2) is 24.3 Å². The monoisotopic (exact) mass is 383 g/mol. The maximum absolute atomic E-state index is 12.6. The fourth-order valence-corrected chi connectivity index (χ4v) is 4.19. The number of likely N-dealkylation sites (N-methyl/N-ethyl adjacent to an activating group) is 1. The molecular weight excluding hydrogens is 354 g/mol. The number of nitrogens with zero attached hydrogens (tertiary/aromatic N) is 5. The van der Waals surface area contributed by atoms with Crippen LogP contribution in [0.25, 0.3) is 0 Å². The summed E-state index contributed by atoms with van der Waals surface area (Å²) in [5.41, 5.74) is 1.17. The minimum absolute atomic E-state index is 0.249. The van der Waals surface area contributed by atoms with E-state index < -0.39 is 0 Å². The SMILES string of the molecule is COc1ccc(CCC(=O)N2CCC(c3nnc4n3CCN(C)C4)CC2)cc1. The third-order valence-electron chi connectivity index (χ3n) is 5.97. The molecule has 0 aliphatic carbocycles. The molecule has 4 rings (SSSR count). The summed E-state index contributed by atoms with van der Waals surface area (Å²) in [5, 5.41) is 8.88. The maximum atomic E-state index is 12.6. The minimum atomic E-state index is 0.249. The smallest absolute Gasteiger partial charge is 0.222 e. The summed E-state index contributed by atoms with van der Waals surface area (Å²) in [7, 11) is 3.78. The van der Waals surface area contributed by atoms with Gasteiger partial charge in [0, 0.05) is 38.5 Å². The number of aromatic nitrogens is 3. The van der Waals surface area contributed by atoms with Crippen LogP contribution in [-0.4, -0.2) is 64.3 Å². The van der Waals surface area contributed by atoms with Crippen LogP contribution in [0.5, 0.6) is 5.75 Å². The fraction of sp³-hybridized carbons (Fsp3) is 0.571. The largest absolute Gasteiger partial charge is 0.497 e. The standard InChI is InChI=1S/C21H29N5O2/c1-24-13-14-26-19(15-24)22-23-21(26)17-9-11-25(12-10-17)20(27)8-5-16-3-6-18(28-2)7-4-16/h3-4,6-7,17H,5,8-15H2,1-2H3. The Labute approximate surface area is 166 Å². The molecule has 0 atom stereocenters. The van der Waals surface area contributed by atoms with Gasteiger partial charge in [0.15, 0.2) is 0 Å². The number of hydrogen-bond donors (Lipinski definition) is 0. The summed E-state index contributed by atoms with van der Waals surface area (Å²) < 4.78 is 7.48. The van der Waals surface area contributed by atoms with Crippen molar-refractivity contribution in [2.75, 3.05) is 33.8 Å². The topological polar surface area (TPSA) is 63.5 Å². The minimum Gasteiger partial charge on any atom is -0.497 e. The molecule has 0 spiro atoms. The van der Waals surface area contributed by atoms with E-state index in [-0.39, 0.29) is 5.91 Å². The highest BCUT2D eigenvalue weighted by molar-refractivity contribution is 5.76. The second-order valence-electron chi connectivity index (χ2n) is 7.87. The molecule has 0 radical (unpaired) electrons. The number of methoxy groups -OCH3 is 1. The second-order valence-corrected chi connectivity index (χ2v) is 7.87. The quantitative estimate of drug-likeness (QED) is 0.791. The first-order chi connectivity index (χ1) is 13.6. The number of aryl methyl sites for hydroxylation is 1. The van der Waals surface area contributed by atoms with Crippen LogP contribution in [0.4, 0.5) is 0 Å². The molecule has 1 saturated heterocycles. The molecule has 0 unspecified atom stereocenters. The Bertz CT molecular complexity index is 809. The first kappa shape index (κ1) is 18.9. The number of carbonyl (C=O) groups is 1. The number of ether oxygens (including phenoxy) is 1. The van der Waals surface area contributed by atoms with Crippen molar-refractivity contribution >= 4 is 5.91 Å². The van der Waals surface area contributed by atoms with E-state index in [1.165, 1.54) is 5.56 Å². The average molecular weight is 383 g/mol. The molecular formula is C21H29N5O2. The summed E-state index contributed by atoms with van der Waals surface area (Å²) in [4.78, 5) is 16.9. The Hall–Kier alpha value is -2.41. The third kappa shape index (κ3) is 4.04. The van der Waals surface area contributed by atoms with Gasteiger partial charge in [-0.1, -0.05) is 12.1 Å². The van der Waals surface area contributed by atoms with Gasteiger partial charge in [0.2, 0.25) is 5.91 Å². The van der Waals surface area contributed by atoms with Crippen molar-refractivity contribution in [2.24, 2.45) is 0 Å². The maximum Gasteiger partial charge on any atom is 0.222 e. The van der Waals surface area contributed by atoms with Gasteiger partial charge < -0.3 is 14.2 Å². The third-order valence-corrected chi connectivity index (χ3v) is 5.97. The van der Waals surface area contributed by atoms with Crippen LogP contribution >= 0.6 is 0 Å². The molecule has 150 valence electrons. The van der Waals surface area contributed by atoms with Gasteiger partial charge in [0.05, 0.1) is 13.7 Å². The number of carbonyl (C=O) groups excluding carboxylic acids is 1. The van der Waals surface area contributed by atoms with Gasteiger partial charge in [-0.25, -0.2) is 0 Å². The summed E-state index contributed by atoms with van der Waals surface area (Å²) >= 11 is 0. The predicted molar refractivity (Wildman–Crippen MR) is 106 cm³/mol. The summed E-state index contributed by atoms with van der Waals surface area (Å²) in [6, 6.07) is 7.96. The summed E-state index contributed by atoms with van der Waals surface area (Å²) in [6.45, 7) is 4.51. The lowest BCUT2D eigenvalue weighted by molar-refractivity contribution is -0.132. The van der Waals surface area contributed by atoms with Crippen LogP contribution in [0.3, 0.4) is 0 Å². The normalized spacial score (nSPS) is 18.1. The van der Waals surface area contributed by atoms with Gasteiger partial charge in [-0.3, -0.25) is 9.69 Å². The molecule has 1 fully saturated rings. The van der Waals surface area contributed by atoms with E-state index in [0.29, 0.717) is 12.3 Å². The van der Waals surface area contributed by atoms with Crippen LogP contribution in [-0.2, 0) is 24.3 Å². The van der Waals surface area contributed by atoms with E-state index in [0.717, 1.165) is 69.4 Å². The molecule has 0 bridgehead atoms. The number of benzene rings is 1. The molecule has 0 saturated carbocycles. The van der Waals surface area contributed by atoms with Gasteiger partial charge in [-0.2, -0.15) is 0 Å². The highest BCUT2D eigenvalue weighted by Gasteiger charge is 2.29. The number of hydrogen-bond acceptors (Lipinski definition) is 5. The first-order valence-electron chi connectivity index (χ1n) is 10.2. The molecule has 2 aliphatic heterocycles. The molecule has 2 aliphatic rings. The molecule has 0 N–H and O–H groups in total. The van der Waals surface area contributed by atoms with Gasteiger partial charge in [-0.05, 0) is 44.0 Å². The van der Waals surface area contributed by atoms with E-state index in [9.17, 15) is 4.79 Å². The molecule has 1 aromatic heterocycles. The molecule has 7 heteroatoms. The van der Waals surface area contributed by atoms with E-state index in [1.54, 1.807) is 7.11 Å². The average Bonchev–Trinajstić information content (AvgIpc) is 3.15. The summed E-state index contributed by atoms with van der Waals surface area (Å²) in [6.07, 6.45) is 3.28. The molecule has 28 heavy (non-hydrogen) atoms. The van der Waals surface area contributed by atoms with Crippen molar-refractivity contribution in [3.05, 3.63) is 41.5 Å². The number of rotatable bonds is 5. The zero-order chi connectivity index (χ0) is 19.5. The lowest BCUT2D eigenvalue weighted by atomic mass is 9.95. The molecule has 7 nitrogen and oxygen atoms in total. The van der Waals surface area contributed by atoms with E-state index in [1.807, 2.05) is 29.2 Å². The van der Waals surface area contributed by atoms with E-state index in [4.69, 9.17) is 4.74 Å². The first-order valence-corrected chi connectivity index (χ1v) is 10.2. The van der Waals surface area contributed by atoms with Crippen LogP contribution in [0, 0.1) is 0 Å². The van der Waals surface area contributed by atoms with Crippen molar-refractivity contribution in [1.82, 2.24) is 24.6 Å². The molecule has 3 heterocycles. The summed E-state index contributed by atoms with van der Waals surface area (Å²) in [5.74, 6) is 3.70. The van der Waals surface area contributed by atoms with E-state index >= 15 is 0 Å². The lowest BCUT2D eigenvalue weighted by Crippen LogP contribution is -2.39. The van der Waals surface area contributed by atoms with Crippen molar-refractivity contribution in [3.63, 3.8) is 0 Å². The number of likely N-dealkylation sites (tertiary alicyclic amines) is 1. The second kappa shape index (κ2) is 8.31. The highest BCUT2D eigenvalue weighted by atomic mass is 16.5. The Morgan fingerprint density at radius 2 is 1.86 bits per heavy atom. The molecule has 1 aromatic carbocycles. The fourth-order valence-electron chi connectivity index (χ4n) is 4.19. The van der Waals surface area contributed by atoms with Crippen molar-refractivity contribution in [3.8, 4) is 5.75 Å². The van der Waals surface area contributed by atoms with Crippen LogP contribution in [0.2, 0.25) is 0 Å². The molecule has 1 amide bonds. The van der Waals surface area contributed by atoms with Crippen molar-refractivity contribution in [2.45, 2.75) is 44.7 Å². The Kier molecular flexibility index (Phi) is 5.62. The van der Waals surface area contributed by atoms with Crippen LogP contribution < -0.4 is 4.74 Å².